The Hall–Kier alpha value is -0.370. The highest BCUT2D eigenvalue weighted by molar-refractivity contribution is 5.84. The molecule has 0 rings (SSSR count). The number of ketones is 1. The van der Waals surface area contributed by atoms with Crippen molar-refractivity contribution in [1.29, 1.82) is 0 Å². The van der Waals surface area contributed by atoms with Crippen molar-refractivity contribution in [3.05, 3.63) is 0 Å². The molecule has 0 saturated carbocycles. The number of hydrogen-bond acceptors (Lipinski definition) is 2. The molecule has 0 aromatic rings. The minimum absolute atomic E-state index is 0.135. The molecule has 1 N–H and O–H groups in total. The largest absolute Gasteiger partial charge is 0.313 e. The highest BCUT2D eigenvalue weighted by Crippen LogP contribution is 2.26. The Balaban J connectivity index is 4.50. The molecule has 0 aromatic heterocycles. The fourth-order valence-corrected chi connectivity index (χ4v) is 1.49. The zero-order chi connectivity index (χ0) is 13.0. The highest BCUT2D eigenvalue weighted by Gasteiger charge is 2.30. The summed E-state index contributed by atoms with van der Waals surface area (Å²) in [6, 6.07) is 0.277. The summed E-state index contributed by atoms with van der Waals surface area (Å²) in [5, 5.41) is 3.49. The van der Waals surface area contributed by atoms with Crippen LogP contribution in [0.1, 0.15) is 61.3 Å². The van der Waals surface area contributed by atoms with Crippen LogP contribution in [0, 0.1) is 10.8 Å². The third kappa shape index (κ3) is 5.64. The molecule has 0 heterocycles. The molecule has 1 atom stereocenters. The maximum absolute atomic E-state index is 12.0. The predicted octanol–water partition coefficient (Wildman–Crippen LogP) is 3.41. The number of hydrogen-bond donors (Lipinski definition) is 1. The van der Waals surface area contributed by atoms with Crippen LogP contribution in [0.5, 0.6) is 0 Å². The van der Waals surface area contributed by atoms with Crippen LogP contribution in [-0.4, -0.2) is 18.4 Å². The van der Waals surface area contributed by atoms with Crippen LogP contribution in [-0.2, 0) is 4.79 Å². The first-order chi connectivity index (χ1) is 7.09. The Morgan fingerprint density at radius 2 is 1.62 bits per heavy atom. The van der Waals surface area contributed by atoms with Gasteiger partial charge in [0.2, 0.25) is 0 Å². The summed E-state index contributed by atoms with van der Waals surface area (Å²) < 4.78 is 0. The Labute approximate surface area is 101 Å². The Morgan fingerprint density at radius 3 is 1.94 bits per heavy atom. The van der Waals surface area contributed by atoms with Gasteiger partial charge in [0.15, 0.2) is 0 Å². The van der Waals surface area contributed by atoms with Gasteiger partial charge in [-0.2, -0.15) is 0 Å². The van der Waals surface area contributed by atoms with Crippen molar-refractivity contribution in [1.82, 2.24) is 5.32 Å². The standard InChI is InChI=1S/C14H29NO/c1-8-9-15-11(13(2,3)4)10-12(16)14(5,6)7/h11,15H,8-10H2,1-7H3. The maximum Gasteiger partial charge on any atom is 0.139 e. The Kier molecular flexibility index (Phi) is 5.67. The van der Waals surface area contributed by atoms with Crippen LogP contribution in [0.2, 0.25) is 0 Å². The van der Waals surface area contributed by atoms with E-state index in [1.807, 2.05) is 20.8 Å². The molecule has 16 heavy (non-hydrogen) atoms. The number of nitrogens with one attached hydrogen (secondary N) is 1. The van der Waals surface area contributed by atoms with Gasteiger partial charge in [-0.05, 0) is 18.4 Å². The number of carbonyl (C=O) groups is 1. The van der Waals surface area contributed by atoms with E-state index in [1.165, 1.54) is 0 Å². The monoisotopic (exact) mass is 227 g/mol. The average molecular weight is 227 g/mol. The minimum atomic E-state index is -0.225. The smallest absolute Gasteiger partial charge is 0.139 e. The van der Waals surface area contributed by atoms with E-state index >= 15 is 0 Å². The lowest BCUT2D eigenvalue weighted by molar-refractivity contribution is -0.127. The summed E-state index contributed by atoms with van der Waals surface area (Å²) in [4.78, 5) is 12.0. The van der Waals surface area contributed by atoms with Gasteiger partial charge < -0.3 is 5.32 Å². The Morgan fingerprint density at radius 1 is 1.12 bits per heavy atom. The van der Waals surface area contributed by atoms with Crippen LogP contribution in [0.4, 0.5) is 0 Å². The van der Waals surface area contributed by atoms with Crippen molar-refractivity contribution in [3.63, 3.8) is 0 Å². The predicted molar refractivity (Wildman–Crippen MR) is 70.6 cm³/mol. The van der Waals surface area contributed by atoms with Crippen molar-refractivity contribution in [2.45, 2.75) is 67.3 Å². The minimum Gasteiger partial charge on any atom is -0.313 e. The van der Waals surface area contributed by atoms with Gasteiger partial charge in [0.25, 0.3) is 0 Å². The maximum atomic E-state index is 12.0. The lowest BCUT2D eigenvalue weighted by Crippen LogP contribution is -2.43. The van der Waals surface area contributed by atoms with Crippen LogP contribution >= 0.6 is 0 Å². The summed E-state index contributed by atoms with van der Waals surface area (Å²) >= 11 is 0. The molecule has 0 bridgehead atoms. The lowest BCUT2D eigenvalue weighted by atomic mass is 9.79. The first-order valence-electron chi connectivity index (χ1n) is 6.35. The molecular formula is C14H29NO. The van der Waals surface area contributed by atoms with Crippen LogP contribution in [0.3, 0.4) is 0 Å². The molecule has 2 nitrogen and oxygen atoms in total. The summed E-state index contributed by atoms with van der Waals surface area (Å²) in [6.45, 7) is 15.7. The van der Waals surface area contributed by atoms with Crippen molar-refractivity contribution < 1.29 is 4.79 Å². The van der Waals surface area contributed by atoms with Crippen LogP contribution in [0.15, 0.2) is 0 Å². The highest BCUT2D eigenvalue weighted by atomic mass is 16.1. The molecule has 2 heteroatoms. The van der Waals surface area contributed by atoms with Crippen molar-refractivity contribution in [3.8, 4) is 0 Å². The van der Waals surface area contributed by atoms with Gasteiger partial charge in [0, 0.05) is 17.9 Å². The van der Waals surface area contributed by atoms with Gasteiger partial charge in [-0.15, -0.1) is 0 Å². The molecule has 0 aliphatic rings. The van der Waals surface area contributed by atoms with Gasteiger partial charge in [-0.3, -0.25) is 4.79 Å². The zero-order valence-corrected chi connectivity index (χ0v) is 12.1. The quantitative estimate of drug-likeness (QED) is 0.780. The summed E-state index contributed by atoms with van der Waals surface area (Å²) in [5.41, 5.74) is -0.0898. The van der Waals surface area contributed by atoms with E-state index in [0.717, 1.165) is 13.0 Å². The van der Waals surface area contributed by atoms with E-state index < -0.39 is 0 Å². The molecule has 0 fully saturated rings. The van der Waals surface area contributed by atoms with Gasteiger partial charge >= 0.3 is 0 Å². The summed E-state index contributed by atoms with van der Waals surface area (Å²) in [6.07, 6.45) is 1.74. The molecule has 0 aliphatic carbocycles. The molecular weight excluding hydrogens is 198 g/mol. The van der Waals surface area contributed by atoms with Gasteiger partial charge in [0.05, 0.1) is 0 Å². The van der Waals surface area contributed by atoms with E-state index in [-0.39, 0.29) is 16.9 Å². The summed E-state index contributed by atoms with van der Waals surface area (Å²) in [7, 11) is 0. The van der Waals surface area contributed by atoms with E-state index in [0.29, 0.717) is 12.2 Å². The van der Waals surface area contributed by atoms with Gasteiger partial charge in [0.1, 0.15) is 5.78 Å². The van der Waals surface area contributed by atoms with E-state index in [4.69, 9.17) is 0 Å². The third-order valence-corrected chi connectivity index (χ3v) is 2.91. The van der Waals surface area contributed by atoms with Crippen molar-refractivity contribution >= 4 is 5.78 Å². The fraction of sp³-hybridized carbons (Fsp3) is 0.929. The second-order valence-corrected chi connectivity index (χ2v) is 6.75. The number of rotatable bonds is 5. The van der Waals surface area contributed by atoms with Gasteiger partial charge in [-0.25, -0.2) is 0 Å². The first-order valence-corrected chi connectivity index (χ1v) is 6.35. The van der Waals surface area contributed by atoms with Crippen LogP contribution in [0.25, 0.3) is 0 Å². The van der Waals surface area contributed by atoms with Crippen molar-refractivity contribution in [2.75, 3.05) is 6.54 Å². The normalized spacial score (nSPS) is 14.9. The van der Waals surface area contributed by atoms with E-state index in [9.17, 15) is 4.79 Å². The topological polar surface area (TPSA) is 29.1 Å². The fourth-order valence-electron chi connectivity index (χ4n) is 1.49. The lowest BCUT2D eigenvalue weighted by Gasteiger charge is -2.33. The number of Topliss-reactive ketones (excluding diaryl/α,β-unsaturated/α-hetero) is 1. The SMILES string of the molecule is CCCNC(CC(=O)C(C)(C)C)C(C)(C)C. The number of carbonyl (C=O) groups excluding carboxylic acids is 1. The molecule has 0 spiro atoms. The molecule has 0 aromatic carbocycles. The molecule has 0 amide bonds. The molecule has 0 aliphatic heterocycles. The average Bonchev–Trinajstić information content (AvgIpc) is 2.08. The van der Waals surface area contributed by atoms with E-state index in [2.05, 4.69) is 33.0 Å². The zero-order valence-electron chi connectivity index (χ0n) is 12.1. The third-order valence-electron chi connectivity index (χ3n) is 2.91. The van der Waals surface area contributed by atoms with Crippen molar-refractivity contribution in [2.24, 2.45) is 10.8 Å². The molecule has 0 saturated heterocycles. The second-order valence-electron chi connectivity index (χ2n) is 6.75. The molecule has 96 valence electrons. The van der Waals surface area contributed by atoms with E-state index in [1.54, 1.807) is 0 Å². The van der Waals surface area contributed by atoms with Crippen LogP contribution < -0.4 is 5.32 Å². The van der Waals surface area contributed by atoms with Gasteiger partial charge in [-0.1, -0.05) is 48.5 Å². The second kappa shape index (κ2) is 5.81. The molecule has 1 unspecified atom stereocenters. The molecule has 0 radical (unpaired) electrons. The first kappa shape index (κ1) is 15.6. The Bertz CT molecular complexity index is 220. The summed E-state index contributed by atoms with van der Waals surface area (Å²) in [5.74, 6) is 0.344.